The van der Waals surface area contributed by atoms with Gasteiger partial charge in [0.05, 0.1) is 12.0 Å². The predicted molar refractivity (Wildman–Crippen MR) is 76.9 cm³/mol. The molecule has 5 heteroatoms. The standard InChI is InChI=1S/C14H22N2O3/c1-3-4-5-6-7-10-15-12-8-9-14(19-2)13(11-12)16(17)18/h8-9,11,15H,3-7,10H2,1-2H3. The van der Waals surface area contributed by atoms with Crippen molar-refractivity contribution in [1.82, 2.24) is 0 Å². The van der Waals surface area contributed by atoms with Gasteiger partial charge in [-0.25, -0.2) is 0 Å². The van der Waals surface area contributed by atoms with E-state index in [0.29, 0.717) is 5.75 Å². The second-order valence-electron chi connectivity index (χ2n) is 4.48. The average Bonchev–Trinajstić information content (AvgIpc) is 2.42. The molecule has 0 aliphatic carbocycles. The average molecular weight is 266 g/mol. The summed E-state index contributed by atoms with van der Waals surface area (Å²) in [6.45, 7) is 3.03. The van der Waals surface area contributed by atoms with Crippen molar-refractivity contribution in [2.24, 2.45) is 0 Å². The van der Waals surface area contributed by atoms with E-state index in [1.807, 2.05) is 0 Å². The zero-order valence-corrected chi connectivity index (χ0v) is 11.6. The van der Waals surface area contributed by atoms with Crippen LogP contribution in [0.2, 0.25) is 0 Å². The number of nitrogens with zero attached hydrogens (tertiary/aromatic N) is 1. The van der Waals surface area contributed by atoms with Gasteiger partial charge < -0.3 is 10.1 Å². The number of ether oxygens (including phenoxy) is 1. The Hall–Kier alpha value is -1.78. The zero-order chi connectivity index (χ0) is 14.1. The summed E-state index contributed by atoms with van der Waals surface area (Å²) in [7, 11) is 1.43. The summed E-state index contributed by atoms with van der Waals surface area (Å²) in [5, 5.41) is 14.1. The molecule has 0 fully saturated rings. The predicted octanol–water partition coefficient (Wildman–Crippen LogP) is 3.99. The van der Waals surface area contributed by atoms with Crippen LogP contribution in [0.5, 0.6) is 5.75 Å². The van der Waals surface area contributed by atoms with Crippen LogP contribution < -0.4 is 10.1 Å². The molecule has 0 aliphatic rings. The molecule has 0 aromatic heterocycles. The van der Waals surface area contributed by atoms with E-state index in [-0.39, 0.29) is 5.69 Å². The highest BCUT2D eigenvalue weighted by Crippen LogP contribution is 2.29. The number of benzene rings is 1. The first-order valence-electron chi connectivity index (χ1n) is 6.75. The summed E-state index contributed by atoms with van der Waals surface area (Å²) in [5.74, 6) is 0.290. The van der Waals surface area contributed by atoms with Gasteiger partial charge in [-0.15, -0.1) is 0 Å². The van der Waals surface area contributed by atoms with Crippen LogP contribution in [-0.2, 0) is 0 Å². The molecule has 0 atom stereocenters. The minimum atomic E-state index is -0.425. The van der Waals surface area contributed by atoms with Crippen LogP contribution in [0.25, 0.3) is 0 Å². The Morgan fingerprint density at radius 1 is 1.26 bits per heavy atom. The Kier molecular flexibility index (Phi) is 6.71. The van der Waals surface area contributed by atoms with Crippen LogP contribution in [-0.4, -0.2) is 18.6 Å². The number of nitro benzene ring substituents is 1. The van der Waals surface area contributed by atoms with Gasteiger partial charge in [-0.3, -0.25) is 10.1 Å². The molecule has 1 aromatic rings. The van der Waals surface area contributed by atoms with Gasteiger partial charge in [-0.05, 0) is 18.6 Å². The highest BCUT2D eigenvalue weighted by molar-refractivity contribution is 5.58. The van der Waals surface area contributed by atoms with Crippen LogP contribution in [0.15, 0.2) is 18.2 Å². The van der Waals surface area contributed by atoms with E-state index in [0.717, 1.165) is 18.7 Å². The van der Waals surface area contributed by atoms with Crippen LogP contribution in [0.4, 0.5) is 11.4 Å². The summed E-state index contributed by atoms with van der Waals surface area (Å²) in [6.07, 6.45) is 6.03. The SMILES string of the molecule is CCCCCCCNc1ccc(OC)c([N+](=O)[O-])c1. The zero-order valence-electron chi connectivity index (χ0n) is 11.6. The van der Waals surface area contributed by atoms with Gasteiger partial charge in [0.25, 0.3) is 0 Å². The maximum absolute atomic E-state index is 10.9. The van der Waals surface area contributed by atoms with Gasteiger partial charge in [0.2, 0.25) is 0 Å². The molecule has 5 nitrogen and oxygen atoms in total. The monoisotopic (exact) mass is 266 g/mol. The second kappa shape index (κ2) is 8.34. The Morgan fingerprint density at radius 3 is 2.63 bits per heavy atom. The van der Waals surface area contributed by atoms with E-state index < -0.39 is 4.92 Å². The van der Waals surface area contributed by atoms with E-state index in [1.54, 1.807) is 12.1 Å². The third-order valence-corrected chi connectivity index (χ3v) is 2.99. The normalized spacial score (nSPS) is 10.2. The lowest BCUT2D eigenvalue weighted by Crippen LogP contribution is -2.02. The van der Waals surface area contributed by atoms with Crippen LogP contribution in [0, 0.1) is 10.1 Å². The molecule has 0 aliphatic heterocycles. The summed E-state index contributed by atoms with van der Waals surface area (Å²) in [4.78, 5) is 10.5. The molecule has 0 saturated heterocycles. The number of nitrogens with one attached hydrogen (secondary N) is 1. The number of hydrogen-bond acceptors (Lipinski definition) is 4. The maximum Gasteiger partial charge on any atom is 0.312 e. The minimum Gasteiger partial charge on any atom is -0.490 e. The molecule has 0 radical (unpaired) electrons. The van der Waals surface area contributed by atoms with Crippen molar-refractivity contribution in [2.75, 3.05) is 19.0 Å². The fraction of sp³-hybridized carbons (Fsp3) is 0.571. The first kappa shape index (κ1) is 15.3. The molecule has 1 rings (SSSR count). The molecular formula is C14H22N2O3. The number of rotatable bonds is 9. The van der Waals surface area contributed by atoms with Crippen molar-refractivity contribution < 1.29 is 9.66 Å². The van der Waals surface area contributed by atoms with Crippen LogP contribution >= 0.6 is 0 Å². The van der Waals surface area contributed by atoms with Gasteiger partial charge in [-0.2, -0.15) is 0 Å². The lowest BCUT2D eigenvalue weighted by atomic mass is 10.1. The van der Waals surface area contributed by atoms with E-state index in [4.69, 9.17) is 4.74 Å². The Labute approximate surface area is 114 Å². The summed E-state index contributed by atoms with van der Waals surface area (Å²) < 4.78 is 4.96. The van der Waals surface area contributed by atoms with E-state index >= 15 is 0 Å². The topological polar surface area (TPSA) is 64.4 Å². The van der Waals surface area contributed by atoms with Crippen molar-refractivity contribution in [3.05, 3.63) is 28.3 Å². The third-order valence-electron chi connectivity index (χ3n) is 2.99. The smallest absolute Gasteiger partial charge is 0.312 e. The van der Waals surface area contributed by atoms with Gasteiger partial charge in [0.15, 0.2) is 5.75 Å². The molecule has 19 heavy (non-hydrogen) atoms. The molecule has 1 N–H and O–H groups in total. The molecule has 0 spiro atoms. The summed E-state index contributed by atoms with van der Waals surface area (Å²) in [5.41, 5.74) is 0.765. The number of methoxy groups -OCH3 is 1. The van der Waals surface area contributed by atoms with Crippen LogP contribution in [0.3, 0.4) is 0 Å². The molecule has 106 valence electrons. The largest absolute Gasteiger partial charge is 0.490 e. The van der Waals surface area contributed by atoms with Crippen molar-refractivity contribution in [2.45, 2.75) is 39.0 Å². The van der Waals surface area contributed by atoms with E-state index in [2.05, 4.69) is 12.2 Å². The van der Waals surface area contributed by atoms with E-state index in [9.17, 15) is 10.1 Å². The quantitative estimate of drug-likeness (QED) is 0.417. The maximum atomic E-state index is 10.9. The fourth-order valence-electron chi connectivity index (χ4n) is 1.90. The van der Waals surface area contributed by atoms with Gasteiger partial charge in [0, 0.05) is 18.3 Å². The van der Waals surface area contributed by atoms with E-state index in [1.165, 1.54) is 38.9 Å². The number of nitro groups is 1. The molecule has 0 unspecified atom stereocenters. The summed E-state index contributed by atoms with van der Waals surface area (Å²) >= 11 is 0. The lowest BCUT2D eigenvalue weighted by Gasteiger charge is -2.08. The highest BCUT2D eigenvalue weighted by Gasteiger charge is 2.14. The highest BCUT2D eigenvalue weighted by atomic mass is 16.6. The second-order valence-corrected chi connectivity index (χ2v) is 4.48. The first-order valence-corrected chi connectivity index (χ1v) is 6.75. The van der Waals surface area contributed by atoms with Crippen molar-refractivity contribution in [3.63, 3.8) is 0 Å². The Balaban J connectivity index is 2.46. The van der Waals surface area contributed by atoms with Crippen LogP contribution in [0.1, 0.15) is 39.0 Å². The van der Waals surface area contributed by atoms with Gasteiger partial charge in [0.1, 0.15) is 0 Å². The molecule has 0 saturated carbocycles. The van der Waals surface area contributed by atoms with Crippen molar-refractivity contribution in [1.29, 1.82) is 0 Å². The molecule has 0 amide bonds. The first-order chi connectivity index (χ1) is 9.19. The van der Waals surface area contributed by atoms with Crippen molar-refractivity contribution >= 4 is 11.4 Å². The summed E-state index contributed by atoms with van der Waals surface area (Å²) in [6, 6.07) is 4.94. The minimum absolute atomic E-state index is 0.00140. The number of unbranched alkanes of at least 4 members (excludes halogenated alkanes) is 4. The number of hydrogen-bond donors (Lipinski definition) is 1. The molecule has 0 heterocycles. The Bertz CT molecular complexity index is 408. The Morgan fingerprint density at radius 2 is 2.00 bits per heavy atom. The molecule has 1 aromatic carbocycles. The molecular weight excluding hydrogens is 244 g/mol. The van der Waals surface area contributed by atoms with Crippen molar-refractivity contribution in [3.8, 4) is 5.75 Å². The number of anilines is 1. The van der Waals surface area contributed by atoms with Gasteiger partial charge in [-0.1, -0.05) is 32.6 Å². The van der Waals surface area contributed by atoms with Gasteiger partial charge >= 0.3 is 5.69 Å². The molecule has 0 bridgehead atoms. The fourth-order valence-corrected chi connectivity index (χ4v) is 1.90. The third kappa shape index (κ3) is 5.16. The lowest BCUT2D eigenvalue weighted by molar-refractivity contribution is -0.385.